The number of H-pyrrole nitrogens is 1. The van der Waals surface area contributed by atoms with Gasteiger partial charge in [-0.25, -0.2) is 19.3 Å². The van der Waals surface area contributed by atoms with Crippen LogP contribution in [0.3, 0.4) is 0 Å². The van der Waals surface area contributed by atoms with Crippen LogP contribution in [0, 0.1) is 0 Å². The fourth-order valence-corrected chi connectivity index (χ4v) is 2.38. The second kappa shape index (κ2) is 4.03. The smallest absolute Gasteiger partial charge is 0.246 e. The van der Waals surface area contributed by atoms with Gasteiger partial charge >= 0.3 is 5.69 Å². The Labute approximate surface area is 113 Å². The largest absolute Gasteiger partial charge is 0.349 e. The minimum Gasteiger partial charge on any atom is -0.246 e. The average molecular weight is 262 g/mol. The van der Waals surface area contributed by atoms with E-state index in [-0.39, 0.29) is 5.69 Å². The Balaban J connectivity index is 2.23. The predicted octanol–water partition coefficient (Wildman–Crippen LogP) is 2.24. The van der Waals surface area contributed by atoms with Crippen molar-refractivity contribution in [1.82, 2.24) is 19.6 Å². The van der Waals surface area contributed by atoms with Crippen LogP contribution >= 0.6 is 0 Å². The SMILES string of the molecule is O=c1[nH]nc2c3ccccc3nc(-c3ccccc3)n12. The van der Waals surface area contributed by atoms with Gasteiger partial charge in [0.15, 0.2) is 11.5 Å². The summed E-state index contributed by atoms with van der Waals surface area (Å²) in [7, 11) is 0. The molecule has 2 aromatic carbocycles. The van der Waals surface area contributed by atoms with Gasteiger partial charge in [0.05, 0.1) is 5.52 Å². The molecular weight excluding hydrogens is 252 g/mol. The molecule has 20 heavy (non-hydrogen) atoms. The van der Waals surface area contributed by atoms with Crippen LogP contribution < -0.4 is 5.69 Å². The average Bonchev–Trinajstić information content (AvgIpc) is 2.90. The van der Waals surface area contributed by atoms with Crippen molar-refractivity contribution in [3.8, 4) is 11.4 Å². The molecule has 0 atom stereocenters. The lowest BCUT2D eigenvalue weighted by molar-refractivity contribution is 1.01. The number of fused-ring (bicyclic) bond motifs is 3. The van der Waals surface area contributed by atoms with Crippen LogP contribution in [0.2, 0.25) is 0 Å². The summed E-state index contributed by atoms with van der Waals surface area (Å²) in [6, 6.07) is 17.3. The molecule has 0 aliphatic heterocycles. The van der Waals surface area contributed by atoms with Crippen molar-refractivity contribution < 1.29 is 0 Å². The molecule has 0 bridgehead atoms. The van der Waals surface area contributed by atoms with E-state index >= 15 is 0 Å². The van der Waals surface area contributed by atoms with Gasteiger partial charge in [-0.15, -0.1) is 0 Å². The van der Waals surface area contributed by atoms with Gasteiger partial charge in [-0.05, 0) is 12.1 Å². The van der Waals surface area contributed by atoms with Gasteiger partial charge in [0.2, 0.25) is 0 Å². The highest BCUT2D eigenvalue weighted by Gasteiger charge is 2.13. The number of hydrogen-bond donors (Lipinski definition) is 1. The molecule has 4 aromatic rings. The Morgan fingerprint density at radius 1 is 0.950 bits per heavy atom. The highest BCUT2D eigenvalue weighted by Crippen LogP contribution is 2.22. The Bertz CT molecular complexity index is 969. The normalized spacial score (nSPS) is 11.2. The second-order valence-corrected chi connectivity index (χ2v) is 4.51. The Morgan fingerprint density at radius 2 is 1.70 bits per heavy atom. The molecular formula is C15H10N4O. The van der Waals surface area contributed by atoms with Gasteiger partial charge in [0.1, 0.15) is 0 Å². The van der Waals surface area contributed by atoms with Gasteiger partial charge in [-0.2, -0.15) is 5.10 Å². The summed E-state index contributed by atoms with van der Waals surface area (Å²) in [6.07, 6.45) is 0. The molecule has 4 rings (SSSR count). The third-order valence-electron chi connectivity index (χ3n) is 3.29. The molecule has 5 nitrogen and oxygen atoms in total. The maximum Gasteiger partial charge on any atom is 0.349 e. The second-order valence-electron chi connectivity index (χ2n) is 4.51. The summed E-state index contributed by atoms with van der Waals surface area (Å²) in [5.41, 5.74) is 2.01. The van der Waals surface area contributed by atoms with Crippen LogP contribution in [-0.4, -0.2) is 19.6 Å². The zero-order valence-corrected chi connectivity index (χ0v) is 10.4. The first-order valence-electron chi connectivity index (χ1n) is 6.26. The summed E-state index contributed by atoms with van der Waals surface area (Å²) < 4.78 is 1.51. The number of nitrogens with zero attached hydrogens (tertiary/aromatic N) is 3. The topological polar surface area (TPSA) is 63.0 Å². The van der Waals surface area contributed by atoms with Crippen molar-refractivity contribution in [2.24, 2.45) is 0 Å². The Kier molecular flexibility index (Phi) is 2.20. The molecule has 5 heteroatoms. The summed E-state index contributed by atoms with van der Waals surface area (Å²) in [5.74, 6) is 0.595. The van der Waals surface area contributed by atoms with E-state index in [9.17, 15) is 4.79 Å². The molecule has 0 spiro atoms. The lowest BCUT2D eigenvalue weighted by atomic mass is 10.2. The standard InChI is InChI=1S/C15H10N4O/c20-15-18-17-14-11-8-4-5-9-12(11)16-13(19(14)15)10-6-2-1-3-7-10/h1-9H,(H,18,20). The molecule has 2 heterocycles. The molecule has 0 amide bonds. The first-order chi connectivity index (χ1) is 9.84. The number of aromatic nitrogens is 4. The summed E-state index contributed by atoms with van der Waals surface area (Å²) in [5, 5.41) is 7.47. The van der Waals surface area contributed by atoms with E-state index in [1.54, 1.807) is 0 Å². The molecule has 0 unspecified atom stereocenters. The third-order valence-corrected chi connectivity index (χ3v) is 3.29. The van der Waals surface area contributed by atoms with E-state index in [0.29, 0.717) is 11.5 Å². The van der Waals surface area contributed by atoms with E-state index in [0.717, 1.165) is 16.5 Å². The number of rotatable bonds is 1. The van der Waals surface area contributed by atoms with Crippen molar-refractivity contribution >= 4 is 16.6 Å². The maximum absolute atomic E-state index is 12.0. The van der Waals surface area contributed by atoms with Crippen LogP contribution in [0.5, 0.6) is 0 Å². The van der Waals surface area contributed by atoms with Crippen molar-refractivity contribution in [2.75, 3.05) is 0 Å². The van der Waals surface area contributed by atoms with Crippen molar-refractivity contribution in [1.29, 1.82) is 0 Å². The van der Waals surface area contributed by atoms with Crippen LogP contribution in [-0.2, 0) is 0 Å². The molecule has 0 aliphatic rings. The fraction of sp³-hybridized carbons (Fsp3) is 0. The van der Waals surface area contributed by atoms with Gasteiger partial charge in [0, 0.05) is 10.9 Å². The summed E-state index contributed by atoms with van der Waals surface area (Å²) in [4.78, 5) is 16.6. The zero-order valence-electron chi connectivity index (χ0n) is 10.4. The van der Waals surface area contributed by atoms with Crippen molar-refractivity contribution in [3.63, 3.8) is 0 Å². The molecule has 0 saturated carbocycles. The van der Waals surface area contributed by atoms with Crippen LogP contribution in [0.15, 0.2) is 59.4 Å². The Hall–Kier alpha value is -2.95. The monoisotopic (exact) mass is 262 g/mol. The molecule has 0 fully saturated rings. The first-order valence-corrected chi connectivity index (χ1v) is 6.26. The van der Waals surface area contributed by atoms with E-state index in [1.807, 2.05) is 54.6 Å². The minimum absolute atomic E-state index is 0.280. The summed E-state index contributed by atoms with van der Waals surface area (Å²) in [6.45, 7) is 0. The van der Waals surface area contributed by atoms with Gasteiger partial charge < -0.3 is 0 Å². The number of hydrogen-bond acceptors (Lipinski definition) is 3. The van der Waals surface area contributed by atoms with E-state index in [4.69, 9.17) is 0 Å². The lowest BCUT2D eigenvalue weighted by Gasteiger charge is -2.06. The summed E-state index contributed by atoms with van der Waals surface area (Å²) >= 11 is 0. The highest BCUT2D eigenvalue weighted by molar-refractivity contribution is 5.92. The first kappa shape index (κ1) is 10.9. The number of aromatic amines is 1. The Morgan fingerprint density at radius 3 is 2.55 bits per heavy atom. The van der Waals surface area contributed by atoms with Gasteiger partial charge in [-0.1, -0.05) is 42.5 Å². The van der Waals surface area contributed by atoms with Crippen LogP contribution in [0.4, 0.5) is 0 Å². The number of benzene rings is 2. The molecule has 0 saturated heterocycles. The minimum atomic E-state index is -0.280. The molecule has 0 radical (unpaired) electrons. The van der Waals surface area contributed by atoms with Crippen molar-refractivity contribution in [3.05, 3.63) is 65.1 Å². The fourth-order valence-electron chi connectivity index (χ4n) is 2.38. The maximum atomic E-state index is 12.0. The highest BCUT2D eigenvalue weighted by atomic mass is 16.1. The molecule has 96 valence electrons. The van der Waals surface area contributed by atoms with Crippen LogP contribution in [0.1, 0.15) is 0 Å². The van der Waals surface area contributed by atoms with E-state index in [2.05, 4.69) is 15.2 Å². The van der Waals surface area contributed by atoms with Gasteiger partial charge in [-0.3, -0.25) is 0 Å². The third kappa shape index (κ3) is 1.46. The number of para-hydroxylation sites is 1. The molecule has 1 N–H and O–H groups in total. The molecule has 2 aromatic heterocycles. The zero-order chi connectivity index (χ0) is 13.5. The van der Waals surface area contributed by atoms with Gasteiger partial charge in [0.25, 0.3) is 0 Å². The number of nitrogens with one attached hydrogen (secondary N) is 1. The van der Waals surface area contributed by atoms with E-state index < -0.39 is 0 Å². The van der Waals surface area contributed by atoms with E-state index in [1.165, 1.54) is 4.40 Å². The van der Waals surface area contributed by atoms with Crippen LogP contribution in [0.25, 0.3) is 27.9 Å². The quantitative estimate of drug-likeness (QED) is 0.572. The van der Waals surface area contributed by atoms with Crippen molar-refractivity contribution in [2.45, 2.75) is 0 Å². The molecule has 0 aliphatic carbocycles. The lowest BCUT2D eigenvalue weighted by Crippen LogP contribution is -2.13. The predicted molar refractivity (Wildman–Crippen MR) is 76.5 cm³/mol.